The van der Waals surface area contributed by atoms with Crippen molar-refractivity contribution in [2.45, 2.75) is 12.5 Å². The van der Waals surface area contributed by atoms with Crippen LogP contribution in [0, 0.1) is 0 Å². The van der Waals surface area contributed by atoms with Crippen molar-refractivity contribution in [3.63, 3.8) is 0 Å². The lowest BCUT2D eigenvalue weighted by molar-refractivity contribution is 0.0433. The average molecular weight is 128 g/mol. The Morgan fingerprint density at radius 1 is 1.78 bits per heavy atom. The van der Waals surface area contributed by atoms with Gasteiger partial charge in [0.05, 0.1) is 0 Å². The zero-order valence-corrected chi connectivity index (χ0v) is 5.55. The first-order valence-electron chi connectivity index (χ1n) is 3.16. The summed E-state index contributed by atoms with van der Waals surface area (Å²) in [6, 6.07) is 0. The molecule has 1 rings (SSSR count). The summed E-state index contributed by atoms with van der Waals surface area (Å²) in [6.45, 7) is 0.997. The summed E-state index contributed by atoms with van der Waals surface area (Å²) < 4.78 is 0. The maximum atomic E-state index is 5.05. The smallest absolute Gasteiger partial charge is 0.106 e. The highest BCUT2D eigenvalue weighted by Gasteiger charge is 2.07. The van der Waals surface area contributed by atoms with E-state index in [1.165, 1.54) is 0 Å². The molecule has 0 aliphatic carbocycles. The fraction of sp³-hybridized carbons (Fsp3) is 0.667. The molecule has 1 aliphatic heterocycles. The number of hydroxylamine groups is 1. The lowest BCUT2D eigenvalue weighted by atomic mass is 10.2. The molecule has 0 amide bonds. The normalized spacial score (nSPS) is 24.3. The van der Waals surface area contributed by atoms with Crippen LogP contribution < -0.4 is 10.8 Å². The molecule has 9 heavy (non-hydrogen) atoms. The Bertz CT molecular complexity index is 103. The second-order valence-electron chi connectivity index (χ2n) is 2.03. The van der Waals surface area contributed by atoms with E-state index in [0.717, 1.165) is 13.0 Å². The maximum absolute atomic E-state index is 5.05. The molecule has 1 unspecified atom stereocenters. The fourth-order valence-corrected chi connectivity index (χ4v) is 0.754. The molecule has 0 saturated heterocycles. The summed E-state index contributed by atoms with van der Waals surface area (Å²) in [4.78, 5) is 5.05. The molecule has 0 aromatic rings. The Morgan fingerprint density at radius 3 is 3.22 bits per heavy atom. The summed E-state index contributed by atoms with van der Waals surface area (Å²) in [5.41, 5.74) is 2.67. The molecule has 1 atom stereocenters. The van der Waals surface area contributed by atoms with Gasteiger partial charge < -0.3 is 5.32 Å². The summed E-state index contributed by atoms with van der Waals surface area (Å²) in [7, 11) is 1.94. The van der Waals surface area contributed by atoms with E-state index in [-0.39, 0.29) is 6.10 Å². The molecule has 0 spiro atoms. The Kier molecular flexibility index (Phi) is 2.54. The topological polar surface area (TPSA) is 33.3 Å². The van der Waals surface area contributed by atoms with Gasteiger partial charge in [-0.05, 0) is 26.1 Å². The summed E-state index contributed by atoms with van der Waals surface area (Å²) in [6.07, 6.45) is 5.12. The molecule has 2 N–H and O–H groups in total. The van der Waals surface area contributed by atoms with Gasteiger partial charge >= 0.3 is 0 Å². The molecule has 1 aliphatic rings. The van der Waals surface area contributed by atoms with Crippen molar-refractivity contribution in [2.24, 2.45) is 0 Å². The van der Waals surface area contributed by atoms with Crippen molar-refractivity contribution in [2.75, 3.05) is 13.6 Å². The lowest BCUT2D eigenvalue weighted by Gasteiger charge is -2.04. The van der Waals surface area contributed by atoms with Gasteiger partial charge in [0.2, 0.25) is 0 Å². The Hall–Kier alpha value is -0.540. The SMILES string of the molecule is CNCCC1C=CNO1. The zero-order chi connectivity index (χ0) is 6.53. The minimum atomic E-state index is 0.262. The van der Waals surface area contributed by atoms with Crippen molar-refractivity contribution in [1.82, 2.24) is 10.8 Å². The van der Waals surface area contributed by atoms with E-state index >= 15 is 0 Å². The molecular formula is C6H12N2O. The second kappa shape index (κ2) is 3.48. The van der Waals surface area contributed by atoms with Crippen molar-refractivity contribution in [3.05, 3.63) is 12.3 Å². The van der Waals surface area contributed by atoms with E-state index in [1.807, 2.05) is 19.3 Å². The molecular weight excluding hydrogens is 116 g/mol. The van der Waals surface area contributed by atoms with Crippen LogP contribution >= 0.6 is 0 Å². The van der Waals surface area contributed by atoms with Crippen LogP contribution in [-0.2, 0) is 4.84 Å². The molecule has 1 heterocycles. The van der Waals surface area contributed by atoms with E-state index in [2.05, 4.69) is 10.8 Å². The zero-order valence-electron chi connectivity index (χ0n) is 5.55. The number of hydrogen-bond donors (Lipinski definition) is 2. The monoisotopic (exact) mass is 128 g/mol. The van der Waals surface area contributed by atoms with Crippen LogP contribution in [0.4, 0.5) is 0 Å². The first-order chi connectivity index (χ1) is 4.43. The van der Waals surface area contributed by atoms with Crippen LogP contribution in [0.5, 0.6) is 0 Å². The van der Waals surface area contributed by atoms with Gasteiger partial charge in [0.15, 0.2) is 0 Å². The lowest BCUT2D eigenvalue weighted by Crippen LogP contribution is -2.17. The van der Waals surface area contributed by atoms with E-state index in [1.54, 1.807) is 0 Å². The van der Waals surface area contributed by atoms with Crippen LogP contribution in [0.25, 0.3) is 0 Å². The molecule has 0 bridgehead atoms. The number of hydrogen-bond acceptors (Lipinski definition) is 3. The molecule has 0 radical (unpaired) electrons. The standard InChI is InChI=1S/C6H12N2O/c1-7-4-2-6-3-5-8-9-6/h3,5-8H,2,4H2,1H3. The van der Waals surface area contributed by atoms with Crippen molar-refractivity contribution >= 4 is 0 Å². The molecule has 0 saturated carbocycles. The summed E-state index contributed by atoms with van der Waals surface area (Å²) >= 11 is 0. The van der Waals surface area contributed by atoms with Gasteiger partial charge in [0.1, 0.15) is 6.10 Å². The predicted octanol–water partition coefficient (Wildman–Crippen LogP) is 0.0130. The fourth-order valence-electron chi connectivity index (χ4n) is 0.754. The first kappa shape index (κ1) is 6.58. The van der Waals surface area contributed by atoms with Gasteiger partial charge in [-0.2, -0.15) is 0 Å². The van der Waals surface area contributed by atoms with Crippen molar-refractivity contribution in [1.29, 1.82) is 0 Å². The van der Waals surface area contributed by atoms with Crippen LogP contribution in [0.15, 0.2) is 12.3 Å². The highest BCUT2D eigenvalue weighted by molar-refractivity contribution is 4.90. The minimum Gasteiger partial charge on any atom is -0.320 e. The highest BCUT2D eigenvalue weighted by Crippen LogP contribution is 2.01. The van der Waals surface area contributed by atoms with E-state index in [4.69, 9.17) is 4.84 Å². The van der Waals surface area contributed by atoms with Crippen molar-refractivity contribution < 1.29 is 4.84 Å². The second-order valence-corrected chi connectivity index (χ2v) is 2.03. The predicted molar refractivity (Wildman–Crippen MR) is 35.7 cm³/mol. The first-order valence-corrected chi connectivity index (χ1v) is 3.16. The van der Waals surface area contributed by atoms with E-state index in [0.29, 0.717) is 0 Å². The summed E-state index contributed by atoms with van der Waals surface area (Å²) in [5, 5.41) is 3.05. The Labute approximate surface area is 55.0 Å². The number of nitrogens with one attached hydrogen (secondary N) is 2. The Balaban J connectivity index is 2.05. The molecule has 0 fully saturated rings. The third-order valence-electron chi connectivity index (χ3n) is 1.28. The maximum Gasteiger partial charge on any atom is 0.106 e. The van der Waals surface area contributed by atoms with Crippen molar-refractivity contribution in [3.8, 4) is 0 Å². The van der Waals surface area contributed by atoms with Gasteiger partial charge in [-0.25, -0.2) is 0 Å². The molecule has 52 valence electrons. The third-order valence-corrected chi connectivity index (χ3v) is 1.28. The molecule has 3 nitrogen and oxygen atoms in total. The molecule has 0 aromatic carbocycles. The molecule has 0 aromatic heterocycles. The van der Waals surface area contributed by atoms with Gasteiger partial charge in [-0.15, -0.1) is 0 Å². The average Bonchev–Trinajstić information content (AvgIpc) is 2.34. The van der Waals surface area contributed by atoms with Crippen LogP contribution in [0.3, 0.4) is 0 Å². The van der Waals surface area contributed by atoms with Crippen LogP contribution in [0.2, 0.25) is 0 Å². The quantitative estimate of drug-likeness (QED) is 0.562. The van der Waals surface area contributed by atoms with E-state index < -0.39 is 0 Å². The van der Waals surface area contributed by atoms with Crippen LogP contribution in [-0.4, -0.2) is 19.7 Å². The van der Waals surface area contributed by atoms with Gasteiger partial charge in [-0.3, -0.25) is 10.3 Å². The van der Waals surface area contributed by atoms with Gasteiger partial charge in [-0.1, -0.05) is 0 Å². The molecule has 3 heteroatoms. The third kappa shape index (κ3) is 2.03. The van der Waals surface area contributed by atoms with Gasteiger partial charge in [0.25, 0.3) is 0 Å². The Morgan fingerprint density at radius 2 is 2.67 bits per heavy atom. The van der Waals surface area contributed by atoms with Crippen LogP contribution in [0.1, 0.15) is 6.42 Å². The summed E-state index contributed by atoms with van der Waals surface area (Å²) in [5.74, 6) is 0. The largest absolute Gasteiger partial charge is 0.320 e. The van der Waals surface area contributed by atoms with E-state index in [9.17, 15) is 0 Å². The minimum absolute atomic E-state index is 0.262. The van der Waals surface area contributed by atoms with Gasteiger partial charge in [0, 0.05) is 6.20 Å². The number of rotatable bonds is 3. The highest BCUT2D eigenvalue weighted by atomic mass is 16.7.